The van der Waals surface area contributed by atoms with Gasteiger partial charge in [0.15, 0.2) is 11.4 Å². The van der Waals surface area contributed by atoms with Crippen LogP contribution in [0.3, 0.4) is 0 Å². The lowest BCUT2D eigenvalue weighted by Gasteiger charge is -2.07. The lowest BCUT2D eigenvalue weighted by Crippen LogP contribution is -1.79. The van der Waals surface area contributed by atoms with Crippen molar-refractivity contribution in [2.45, 2.75) is 0 Å². The normalized spacial score (nSPS) is 10.5. The number of aromatic hydroxyl groups is 2. The molecule has 76 valence electrons. The number of fused-ring (bicyclic) bond motifs is 1. The first-order valence-corrected chi connectivity index (χ1v) is 4.50. The second-order valence-corrected chi connectivity index (χ2v) is 3.37. The Kier molecular flexibility index (Phi) is 2.21. The zero-order chi connectivity index (χ0) is 11.0. The molecule has 0 aliphatic carbocycles. The SMILES string of the molecule is O=Nc1c(Cl)c(O)c2ccccc2c1O. The molecule has 0 amide bonds. The van der Waals surface area contributed by atoms with E-state index in [1.165, 1.54) is 0 Å². The Balaban J connectivity index is 3.02. The molecule has 0 unspecified atom stereocenters. The lowest BCUT2D eigenvalue weighted by molar-refractivity contribution is 0.471. The highest BCUT2D eigenvalue weighted by Gasteiger charge is 2.17. The molecule has 0 radical (unpaired) electrons. The fourth-order valence-corrected chi connectivity index (χ4v) is 1.67. The second kappa shape index (κ2) is 3.40. The zero-order valence-electron chi connectivity index (χ0n) is 7.44. The summed E-state index contributed by atoms with van der Waals surface area (Å²) in [5, 5.41) is 22.4. The maximum absolute atomic E-state index is 10.4. The van der Waals surface area contributed by atoms with Gasteiger partial charge in [0.1, 0.15) is 10.8 Å². The van der Waals surface area contributed by atoms with E-state index in [-0.39, 0.29) is 22.2 Å². The summed E-state index contributed by atoms with van der Waals surface area (Å²) in [6, 6.07) is 6.51. The topological polar surface area (TPSA) is 69.9 Å². The van der Waals surface area contributed by atoms with Crippen LogP contribution < -0.4 is 0 Å². The van der Waals surface area contributed by atoms with Crippen LogP contribution in [0.1, 0.15) is 0 Å². The highest BCUT2D eigenvalue weighted by molar-refractivity contribution is 6.36. The van der Waals surface area contributed by atoms with Gasteiger partial charge < -0.3 is 10.2 Å². The molecule has 2 N–H and O–H groups in total. The van der Waals surface area contributed by atoms with Crippen LogP contribution in [0.2, 0.25) is 5.02 Å². The average Bonchev–Trinajstić information content (AvgIpc) is 2.27. The van der Waals surface area contributed by atoms with Crippen LogP contribution in [0.15, 0.2) is 29.4 Å². The molecule has 0 aliphatic rings. The van der Waals surface area contributed by atoms with Crippen LogP contribution in [0.25, 0.3) is 10.8 Å². The highest BCUT2D eigenvalue weighted by atomic mass is 35.5. The van der Waals surface area contributed by atoms with Gasteiger partial charge in [-0.15, -0.1) is 4.91 Å². The van der Waals surface area contributed by atoms with Crippen molar-refractivity contribution in [2.24, 2.45) is 5.18 Å². The van der Waals surface area contributed by atoms with Crippen LogP contribution >= 0.6 is 11.6 Å². The molecule has 0 aliphatic heterocycles. The predicted molar refractivity (Wildman–Crippen MR) is 57.7 cm³/mol. The predicted octanol–water partition coefficient (Wildman–Crippen LogP) is 3.30. The van der Waals surface area contributed by atoms with Gasteiger partial charge in [-0.1, -0.05) is 35.9 Å². The van der Waals surface area contributed by atoms with E-state index >= 15 is 0 Å². The Bertz CT molecular complexity index is 554. The van der Waals surface area contributed by atoms with E-state index in [0.717, 1.165) is 0 Å². The summed E-state index contributed by atoms with van der Waals surface area (Å²) in [6.07, 6.45) is 0. The van der Waals surface area contributed by atoms with E-state index in [2.05, 4.69) is 5.18 Å². The number of nitrogens with zero attached hydrogens (tertiary/aromatic N) is 1. The summed E-state index contributed by atoms with van der Waals surface area (Å²) in [6.45, 7) is 0. The first-order valence-electron chi connectivity index (χ1n) is 4.12. The van der Waals surface area contributed by atoms with Crippen molar-refractivity contribution in [1.29, 1.82) is 0 Å². The Morgan fingerprint density at radius 3 is 2.13 bits per heavy atom. The summed E-state index contributed by atoms with van der Waals surface area (Å²) < 4.78 is 0. The van der Waals surface area contributed by atoms with Gasteiger partial charge in [-0.25, -0.2) is 0 Å². The zero-order valence-corrected chi connectivity index (χ0v) is 8.19. The smallest absolute Gasteiger partial charge is 0.172 e. The van der Waals surface area contributed by atoms with Crippen LogP contribution in [0, 0.1) is 4.91 Å². The number of phenolic OH excluding ortho intramolecular Hbond substituents is 2. The lowest BCUT2D eigenvalue weighted by atomic mass is 10.1. The highest BCUT2D eigenvalue weighted by Crippen LogP contribution is 2.47. The minimum absolute atomic E-state index is 0.235. The third kappa shape index (κ3) is 1.30. The molecule has 0 saturated carbocycles. The maximum atomic E-state index is 10.4. The number of hydrogen-bond acceptors (Lipinski definition) is 4. The third-order valence-electron chi connectivity index (χ3n) is 2.17. The summed E-state index contributed by atoms with van der Waals surface area (Å²) in [7, 11) is 0. The molecule has 2 aromatic carbocycles. The minimum Gasteiger partial charge on any atom is -0.506 e. The van der Waals surface area contributed by atoms with Gasteiger partial charge in [0.05, 0.1) is 0 Å². The van der Waals surface area contributed by atoms with Crippen LogP contribution in [-0.2, 0) is 0 Å². The van der Waals surface area contributed by atoms with Crippen LogP contribution in [0.4, 0.5) is 5.69 Å². The Morgan fingerprint density at radius 1 is 1.07 bits per heavy atom. The summed E-state index contributed by atoms with van der Waals surface area (Å²) in [5.41, 5.74) is -0.340. The van der Waals surface area contributed by atoms with Gasteiger partial charge in [0, 0.05) is 10.8 Å². The van der Waals surface area contributed by atoms with E-state index in [4.69, 9.17) is 11.6 Å². The van der Waals surface area contributed by atoms with Crippen molar-refractivity contribution in [2.75, 3.05) is 0 Å². The van der Waals surface area contributed by atoms with E-state index in [9.17, 15) is 15.1 Å². The van der Waals surface area contributed by atoms with Gasteiger partial charge in [-0.2, -0.15) is 0 Å². The summed E-state index contributed by atoms with van der Waals surface area (Å²) in [4.78, 5) is 10.4. The van der Waals surface area contributed by atoms with Crippen molar-refractivity contribution in [3.05, 3.63) is 34.2 Å². The quantitative estimate of drug-likeness (QED) is 0.576. The number of phenols is 2. The van der Waals surface area contributed by atoms with E-state index in [1.54, 1.807) is 24.3 Å². The molecule has 0 spiro atoms. The van der Waals surface area contributed by atoms with Crippen molar-refractivity contribution < 1.29 is 10.2 Å². The molecule has 0 heterocycles. The van der Waals surface area contributed by atoms with Crippen molar-refractivity contribution >= 4 is 28.1 Å². The van der Waals surface area contributed by atoms with E-state index in [0.29, 0.717) is 10.8 Å². The molecule has 0 fully saturated rings. The van der Waals surface area contributed by atoms with Gasteiger partial charge in [-0.05, 0) is 5.18 Å². The summed E-state index contributed by atoms with van der Waals surface area (Å²) in [5.74, 6) is -0.567. The van der Waals surface area contributed by atoms with Crippen LogP contribution in [-0.4, -0.2) is 10.2 Å². The first kappa shape index (κ1) is 9.73. The summed E-state index contributed by atoms with van der Waals surface area (Å²) >= 11 is 5.67. The maximum Gasteiger partial charge on any atom is 0.172 e. The molecule has 5 heteroatoms. The minimum atomic E-state index is -0.340. The molecule has 0 saturated heterocycles. The van der Waals surface area contributed by atoms with Gasteiger partial charge in [-0.3, -0.25) is 0 Å². The molecule has 2 aromatic rings. The van der Waals surface area contributed by atoms with E-state index < -0.39 is 0 Å². The van der Waals surface area contributed by atoms with Gasteiger partial charge in [0.2, 0.25) is 0 Å². The molecule has 2 rings (SSSR count). The Hall–Kier alpha value is -1.81. The van der Waals surface area contributed by atoms with Crippen molar-refractivity contribution in [1.82, 2.24) is 0 Å². The number of nitroso groups, excluding NO2 is 1. The monoisotopic (exact) mass is 223 g/mol. The molecular weight excluding hydrogens is 218 g/mol. The van der Waals surface area contributed by atoms with Gasteiger partial charge >= 0.3 is 0 Å². The Morgan fingerprint density at radius 2 is 1.60 bits per heavy atom. The van der Waals surface area contributed by atoms with Crippen molar-refractivity contribution in [3.8, 4) is 11.5 Å². The van der Waals surface area contributed by atoms with Crippen LogP contribution in [0.5, 0.6) is 11.5 Å². The number of hydrogen-bond donors (Lipinski definition) is 2. The number of halogens is 1. The Labute approximate surface area is 89.7 Å². The number of benzene rings is 2. The van der Waals surface area contributed by atoms with Crippen molar-refractivity contribution in [3.63, 3.8) is 0 Å². The molecule has 4 nitrogen and oxygen atoms in total. The largest absolute Gasteiger partial charge is 0.506 e. The number of rotatable bonds is 1. The molecular formula is C10H6ClNO3. The standard InChI is InChI=1S/C10H6ClNO3/c11-7-8(12-15)10(14)6-4-2-1-3-5(6)9(7)13/h1-4,13-14H. The third-order valence-corrected chi connectivity index (χ3v) is 2.53. The van der Waals surface area contributed by atoms with Gasteiger partial charge in [0.25, 0.3) is 0 Å². The van der Waals surface area contributed by atoms with E-state index in [1.807, 2.05) is 0 Å². The fourth-order valence-electron chi connectivity index (χ4n) is 1.44. The molecule has 0 bridgehead atoms. The fraction of sp³-hybridized carbons (Fsp3) is 0. The average molecular weight is 224 g/mol. The molecule has 15 heavy (non-hydrogen) atoms. The second-order valence-electron chi connectivity index (χ2n) is 3.00. The first-order chi connectivity index (χ1) is 7.16. The molecule has 0 atom stereocenters. The molecule has 0 aromatic heterocycles.